The topological polar surface area (TPSA) is 21.3 Å². The van der Waals surface area contributed by atoms with Gasteiger partial charge in [0, 0.05) is 20.2 Å². The van der Waals surface area contributed by atoms with Gasteiger partial charge >= 0.3 is 0 Å². The van der Waals surface area contributed by atoms with E-state index in [1.54, 1.807) is 13.2 Å². The molecule has 0 aromatic heterocycles. The zero-order valence-electron chi connectivity index (χ0n) is 10.6. The second kappa shape index (κ2) is 6.00. The van der Waals surface area contributed by atoms with Gasteiger partial charge in [0.1, 0.15) is 5.82 Å². The fraction of sp³-hybridized carbons (Fsp3) is 0.571. The molecule has 0 radical (unpaired) electrons. The molecule has 1 aliphatic carbocycles. The first kappa shape index (κ1) is 13.8. The lowest BCUT2D eigenvalue weighted by atomic mass is 9.96. The number of hydrogen-bond donors (Lipinski definition) is 1. The van der Waals surface area contributed by atoms with Crippen molar-refractivity contribution in [2.75, 3.05) is 26.8 Å². The molecule has 0 aliphatic heterocycles. The molecule has 100 valence electrons. The van der Waals surface area contributed by atoms with Crippen molar-refractivity contribution in [2.45, 2.75) is 19.3 Å². The second-order valence-corrected chi connectivity index (χ2v) is 5.47. The van der Waals surface area contributed by atoms with Crippen molar-refractivity contribution in [1.82, 2.24) is 5.32 Å². The molecule has 0 unspecified atom stereocenters. The third kappa shape index (κ3) is 3.44. The monoisotopic (exact) mass is 271 g/mol. The van der Waals surface area contributed by atoms with E-state index in [2.05, 4.69) is 5.32 Å². The van der Waals surface area contributed by atoms with E-state index in [0.717, 1.165) is 37.9 Å². The standard InChI is InChI=1S/C14H19ClFNO/c1-18-8-7-17-10-14(5-6-14)9-11-3-2-4-12(15)13(11)16/h2-4,17H,5-10H2,1H3. The van der Waals surface area contributed by atoms with E-state index in [1.807, 2.05) is 12.1 Å². The Morgan fingerprint density at radius 3 is 2.89 bits per heavy atom. The largest absolute Gasteiger partial charge is 0.383 e. The minimum Gasteiger partial charge on any atom is -0.383 e. The van der Waals surface area contributed by atoms with Gasteiger partial charge in [-0.05, 0) is 36.3 Å². The summed E-state index contributed by atoms with van der Waals surface area (Å²) in [5.74, 6) is -0.262. The molecule has 0 bridgehead atoms. The predicted octanol–water partition coefficient (Wildman–Crippen LogP) is 3.04. The van der Waals surface area contributed by atoms with E-state index in [9.17, 15) is 4.39 Å². The van der Waals surface area contributed by atoms with Crippen molar-refractivity contribution in [3.8, 4) is 0 Å². The number of ether oxygens (including phenoxy) is 1. The van der Waals surface area contributed by atoms with Crippen molar-refractivity contribution >= 4 is 11.6 Å². The number of nitrogens with one attached hydrogen (secondary N) is 1. The van der Waals surface area contributed by atoms with Crippen LogP contribution in [0.5, 0.6) is 0 Å². The maximum Gasteiger partial charge on any atom is 0.144 e. The molecule has 1 saturated carbocycles. The fourth-order valence-electron chi connectivity index (χ4n) is 2.21. The highest BCUT2D eigenvalue weighted by molar-refractivity contribution is 6.30. The molecule has 18 heavy (non-hydrogen) atoms. The summed E-state index contributed by atoms with van der Waals surface area (Å²) >= 11 is 5.80. The number of rotatable bonds is 7. The van der Waals surface area contributed by atoms with Crippen LogP contribution in [0.1, 0.15) is 18.4 Å². The van der Waals surface area contributed by atoms with Crippen LogP contribution in [0.4, 0.5) is 4.39 Å². The lowest BCUT2D eigenvalue weighted by Crippen LogP contribution is -2.28. The number of halogens is 2. The van der Waals surface area contributed by atoms with Gasteiger partial charge in [0.25, 0.3) is 0 Å². The first-order valence-corrected chi connectivity index (χ1v) is 6.67. The van der Waals surface area contributed by atoms with E-state index in [-0.39, 0.29) is 16.3 Å². The van der Waals surface area contributed by atoms with Gasteiger partial charge in [0.2, 0.25) is 0 Å². The summed E-state index contributed by atoms with van der Waals surface area (Å²) in [5, 5.41) is 3.58. The Morgan fingerprint density at radius 1 is 1.44 bits per heavy atom. The lowest BCUT2D eigenvalue weighted by molar-refractivity contribution is 0.197. The van der Waals surface area contributed by atoms with Gasteiger partial charge in [0.05, 0.1) is 11.6 Å². The van der Waals surface area contributed by atoms with Crippen molar-refractivity contribution in [3.05, 3.63) is 34.6 Å². The number of hydrogen-bond acceptors (Lipinski definition) is 2. The van der Waals surface area contributed by atoms with Gasteiger partial charge in [-0.1, -0.05) is 23.7 Å². The van der Waals surface area contributed by atoms with Crippen LogP contribution in [0.25, 0.3) is 0 Å². The van der Waals surface area contributed by atoms with Crippen molar-refractivity contribution in [2.24, 2.45) is 5.41 Å². The van der Waals surface area contributed by atoms with Crippen LogP contribution < -0.4 is 5.32 Å². The summed E-state index contributed by atoms with van der Waals surface area (Å²) in [6.07, 6.45) is 3.07. The molecule has 0 atom stereocenters. The molecule has 1 aromatic carbocycles. The van der Waals surface area contributed by atoms with Crippen molar-refractivity contribution < 1.29 is 9.13 Å². The van der Waals surface area contributed by atoms with Gasteiger partial charge in [-0.15, -0.1) is 0 Å². The highest BCUT2D eigenvalue weighted by Gasteiger charge is 2.42. The average molecular weight is 272 g/mol. The zero-order chi connectivity index (χ0) is 13.0. The highest BCUT2D eigenvalue weighted by atomic mass is 35.5. The van der Waals surface area contributed by atoms with E-state index >= 15 is 0 Å². The number of methoxy groups -OCH3 is 1. The Labute approximate surface area is 112 Å². The number of benzene rings is 1. The quantitative estimate of drug-likeness (QED) is 0.770. The minimum absolute atomic E-state index is 0.218. The summed E-state index contributed by atoms with van der Waals surface area (Å²) in [4.78, 5) is 0. The SMILES string of the molecule is COCCNCC1(Cc2cccc(Cl)c2F)CC1. The Balaban J connectivity index is 1.90. The Kier molecular flexibility index (Phi) is 4.60. The van der Waals surface area contributed by atoms with Gasteiger partial charge in [-0.3, -0.25) is 0 Å². The second-order valence-electron chi connectivity index (χ2n) is 5.06. The van der Waals surface area contributed by atoms with E-state index in [0.29, 0.717) is 6.61 Å². The molecule has 2 nitrogen and oxygen atoms in total. The Morgan fingerprint density at radius 2 is 2.22 bits per heavy atom. The van der Waals surface area contributed by atoms with Crippen LogP contribution in [-0.4, -0.2) is 26.8 Å². The van der Waals surface area contributed by atoms with E-state index in [1.165, 1.54) is 0 Å². The Hall–Kier alpha value is -0.640. The van der Waals surface area contributed by atoms with Crippen LogP contribution in [0.3, 0.4) is 0 Å². The third-order valence-electron chi connectivity index (χ3n) is 3.54. The molecule has 1 fully saturated rings. The van der Waals surface area contributed by atoms with E-state index < -0.39 is 0 Å². The van der Waals surface area contributed by atoms with Gasteiger partial charge in [-0.25, -0.2) is 4.39 Å². The average Bonchev–Trinajstić information content (AvgIpc) is 3.11. The first-order chi connectivity index (χ1) is 8.67. The summed E-state index contributed by atoms with van der Waals surface area (Å²) in [5.41, 5.74) is 0.952. The maximum absolute atomic E-state index is 13.8. The molecule has 0 spiro atoms. The molecule has 0 amide bonds. The lowest BCUT2D eigenvalue weighted by Gasteiger charge is -2.16. The molecule has 2 rings (SSSR count). The van der Waals surface area contributed by atoms with Crippen LogP contribution >= 0.6 is 11.6 Å². The van der Waals surface area contributed by atoms with Crippen molar-refractivity contribution in [1.29, 1.82) is 0 Å². The van der Waals surface area contributed by atoms with Gasteiger partial charge < -0.3 is 10.1 Å². The smallest absolute Gasteiger partial charge is 0.144 e. The van der Waals surface area contributed by atoms with E-state index in [4.69, 9.17) is 16.3 Å². The zero-order valence-corrected chi connectivity index (χ0v) is 11.4. The van der Waals surface area contributed by atoms with Gasteiger partial charge in [0.15, 0.2) is 0 Å². The third-order valence-corrected chi connectivity index (χ3v) is 3.83. The van der Waals surface area contributed by atoms with Crippen LogP contribution in [0, 0.1) is 11.2 Å². The summed E-state index contributed by atoms with van der Waals surface area (Å²) in [6, 6.07) is 5.24. The van der Waals surface area contributed by atoms with Crippen LogP contribution in [-0.2, 0) is 11.2 Å². The summed E-state index contributed by atoms with van der Waals surface area (Å²) in [6.45, 7) is 2.47. The van der Waals surface area contributed by atoms with Gasteiger partial charge in [-0.2, -0.15) is 0 Å². The molecule has 0 saturated heterocycles. The molecular weight excluding hydrogens is 253 g/mol. The first-order valence-electron chi connectivity index (χ1n) is 6.29. The minimum atomic E-state index is -0.262. The summed E-state index contributed by atoms with van der Waals surface area (Å²) < 4.78 is 18.8. The normalized spacial score (nSPS) is 16.8. The molecule has 4 heteroatoms. The molecule has 1 aromatic rings. The van der Waals surface area contributed by atoms with Crippen LogP contribution in [0.15, 0.2) is 18.2 Å². The predicted molar refractivity (Wildman–Crippen MR) is 71.5 cm³/mol. The molecule has 1 N–H and O–H groups in total. The molecule has 0 heterocycles. The summed E-state index contributed by atoms with van der Waals surface area (Å²) in [7, 11) is 1.69. The Bertz CT molecular complexity index is 407. The highest BCUT2D eigenvalue weighted by Crippen LogP contribution is 2.48. The van der Waals surface area contributed by atoms with Crippen molar-refractivity contribution in [3.63, 3.8) is 0 Å². The molecule has 1 aliphatic rings. The fourth-order valence-corrected chi connectivity index (χ4v) is 2.40. The van der Waals surface area contributed by atoms with Crippen LogP contribution in [0.2, 0.25) is 5.02 Å². The molecular formula is C14H19ClFNO. The maximum atomic E-state index is 13.8.